The van der Waals surface area contributed by atoms with Crippen molar-refractivity contribution >= 4 is 120 Å². The van der Waals surface area contributed by atoms with Crippen LogP contribution in [0.3, 0.4) is 0 Å². The molecule has 0 aliphatic heterocycles. The highest BCUT2D eigenvalue weighted by Gasteiger charge is 2.18. The zero-order chi connectivity index (χ0) is 37.4. The predicted octanol–water partition coefficient (Wildman–Crippen LogP) is 3.77. The van der Waals surface area contributed by atoms with Crippen LogP contribution in [0.2, 0.25) is 0 Å². The summed E-state index contributed by atoms with van der Waals surface area (Å²) in [5, 5.41) is 4.73. The molecule has 0 spiro atoms. The molecule has 0 amide bonds. The maximum atomic E-state index is 6.62. The topological polar surface area (TPSA) is 51.8 Å². The summed E-state index contributed by atoms with van der Waals surface area (Å²) in [4.78, 5) is 15.2. The first-order chi connectivity index (χ1) is 26.8. The van der Waals surface area contributed by atoms with Gasteiger partial charge in [0.15, 0.2) is 17.5 Å². The fraction of sp³-hybridized carbons (Fsp3) is 0. The highest BCUT2D eigenvalue weighted by Crippen LogP contribution is 2.41. The van der Waals surface area contributed by atoms with Crippen LogP contribution in [0.15, 0.2) is 138 Å². The number of benzene rings is 7. The summed E-state index contributed by atoms with van der Waals surface area (Å²) in [5.41, 5.74) is 15.8. The van der Waals surface area contributed by atoms with Gasteiger partial charge in [0.25, 0.3) is 0 Å². The fourth-order valence-electron chi connectivity index (χ4n) is 8.16. The molecule has 10 aromatic rings. The van der Waals surface area contributed by atoms with Crippen LogP contribution in [-0.2, 0) is 0 Å². The lowest BCUT2D eigenvalue weighted by Crippen LogP contribution is -2.55. The Morgan fingerprint density at radius 3 is 1.65 bits per heavy atom. The molecule has 0 saturated carbocycles. The minimum absolute atomic E-state index is 0.600. The van der Waals surface area contributed by atoms with E-state index in [-0.39, 0.29) is 0 Å². The lowest BCUT2D eigenvalue weighted by molar-refractivity contribution is 0.669. The standard InChI is InChI=1S/C45H32B5N3OS/c46-37-36(38(47)40(49)41(50)39(37)48)25-10-6-11-26(20-25)44-51-43(23-8-2-1-3-9-23)52-45(53-44)27-17-19-30-29-18-16-24(21-33(29)54-34(30)22-27)28-13-7-14-32-31-12-4-5-15-35(31)55-42(28)32/h1-22H,46-50H2. The summed E-state index contributed by atoms with van der Waals surface area (Å²) >= 11 is 1.84. The molecule has 4 nitrogen and oxygen atoms in total. The zero-order valence-electron chi connectivity index (χ0n) is 31.4. The molecule has 10 rings (SSSR count). The van der Waals surface area contributed by atoms with Gasteiger partial charge in [0.1, 0.15) is 50.4 Å². The maximum absolute atomic E-state index is 6.62. The molecule has 254 valence electrons. The molecule has 3 aromatic heterocycles. The van der Waals surface area contributed by atoms with Gasteiger partial charge in [0.2, 0.25) is 0 Å². The van der Waals surface area contributed by atoms with Crippen LogP contribution in [0.1, 0.15) is 0 Å². The van der Waals surface area contributed by atoms with Crippen molar-refractivity contribution in [3.63, 3.8) is 0 Å². The highest BCUT2D eigenvalue weighted by molar-refractivity contribution is 7.26. The van der Waals surface area contributed by atoms with Gasteiger partial charge in [0.05, 0.1) is 0 Å². The monoisotopic (exact) mass is 717 g/mol. The van der Waals surface area contributed by atoms with Crippen LogP contribution in [0.5, 0.6) is 0 Å². The van der Waals surface area contributed by atoms with E-state index in [1.165, 1.54) is 58.6 Å². The number of furan rings is 1. The molecule has 7 aromatic carbocycles. The Bertz CT molecular complexity index is 3150. The first-order valence-electron chi connectivity index (χ1n) is 18.7. The smallest absolute Gasteiger partial charge is 0.164 e. The first kappa shape index (κ1) is 33.5. The van der Waals surface area contributed by atoms with Gasteiger partial charge in [0, 0.05) is 47.6 Å². The molecule has 0 aliphatic rings. The zero-order valence-corrected chi connectivity index (χ0v) is 32.2. The number of nitrogens with zero attached hydrogens (tertiary/aromatic N) is 3. The molecule has 0 unspecified atom stereocenters. The summed E-state index contributed by atoms with van der Waals surface area (Å²) in [6.45, 7) is 0. The van der Waals surface area contributed by atoms with E-state index >= 15 is 0 Å². The van der Waals surface area contributed by atoms with Gasteiger partial charge < -0.3 is 4.42 Å². The third-order valence-corrected chi connectivity index (χ3v) is 12.7. The van der Waals surface area contributed by atoms with Crippen molar-refractivity contribution < 1.29 is 4.42 Å². The largest absolute Gasteiger partial charge is 0.456 e. The van der Waals surface area contributed by atoms with E-state index in [1.54, 1.807) is 0 Å². The second kappa shape index (κ2) is 13.0. The van der Waals surface area contributed by atoms with Gasteiger partial charge in [-0.2, -0.15) is 0 Å². The van der Waals surface area contributed by atoms with Crippen LogP contribution < -0.4 is 27.3 Å². The van der Waals surface area contributed by atoms with Crippen LogP contribution in [0.4, 0.5) is 0 Å². The molecule has 0 radical (unpaired) electrons. The molecule has 0 fully saturated rings. The van der Waals surface area contributed by atoms with Crippen LogP contribution >= 0.6 is 11.3 Å². The van der Waals surface area contributed by atoms with Crippen molar-refractivity contribution in [1.82, 2.24) is 15.0 Å². The van der Waals surface area contributed by atoms with Crippen molar-refractivity contribution in [2.24, 2.45) is 0 Å². The SMILES string of the molecule is Bc1c(B)c(B)c(-c2cccc(-c3nc(-c4ccccc4)nc(-c4ccc5c(c4)oc4cc(-c6cccc7c6sc6ccccc67)ccc45)n3)c2)c(B)c1B. The summed E-state index contributed by atoms with van der Waals surface area (Å²) < 4.78 is 9.22. The van der Waals surface area contributed by atoms with Crippen molar-refractivity contribution in [3.05, 3.63) is 133 Å². The molecular weight excluding hydrogens is 685 g/mol. The second-order valence-corrected chi connectivity index (χ2v) is 15.6. The van der Waals surface area contributed by atoms with E-state index in [2.05, 4.69) is 142 Å². The second-order valence-electron chi connectivity index (χ2n) is 14.6. The van der Waals surface area contributed by atoms with Gasteiger partial charge in [-0.25, -0.2) is 15.0 Å². The molecule has 0 saturated heterocycles. The Hall–Kier alpha value is -6.11. The molecule has 10 heteroatoms. The third kappa shape index (κ3) is 5.54. The fourth-order valence-corrected chi connectivity index (χ4v) is 9.39. The van der Waals surface area contributed by atoms with E-state index in [1.807, 2.05) is 41.7 Å². The Morgan fingerprint density at radius 1 is 0.400 bits per heavy atom. The molecule has 55 heavy (non-hydrogen) atoms. The maximum Gasteiger partial charge on any atom is 0.164 e. The van der Waals surface area contributed by atoms with Crippen molar-refractivity contribution in [1.29, 1.82) is 0 Å². The summed E-state index contributed by atoms with van der Waals surface area (Å²) in [6.07, 6.45) is 0. The van der Waals surface area contributed by atoms with Crippen LogP contribution in [-0.4, -0.2) is 54.2 Å². The highest BCUT2D eigenvalue weighted by atomic mass is 32.1. The number of rotatable bonds is 5. The summed E-state index contributed by atoms with van der Waals surface area (Å²) in [5.74, 6) is 1.86. The molecule has 3 heterocycles. The van der Waals surface area contributed by atoms with E-state index < -0.39 is 0 Å². The normalized spacial score (nSPS) is 11.6. The quantitative estimate of drug-likeness (QED) is 0.255. The van der Waals surface area contributed by atoms with E-state index in [0.29, 0.717) is 17.5 Å². The molecule has 0 N–H and O–H groups in total. The first-order valence-corrected chi connectivity index (χ1v) is 19.5. The average molecular weight is 717 g/mol. The van der Waals surface area contributed by atoms with Crippen LogP contribution in [0, 0.1) is 0 Å². The minimum atomic E-state index is 0.600. The van der Waals surface area contributed by atoms with Crippen molar-refractivity contribution in [3.8, 4) is 56.4 Å². The van der Waals surface area contributed by atoms with Crippen molar-refractivity contribution in [2.45, 2.75) is 0 Å². The van der Waals surface area contributed by atoms with Gasteiger partial charge >= 0.3 is 0 Å². The number of thiophene rings is 1. The number of hydrogen-bond acceptors (Lipinski definition) is 5. The Balaban J connectivity index is 1.09. The van der Waals surface area contributed by atoms with Gasteiger partial charge in [-0.3, -0.25) is 0 Å². The minimum Gasteiger partial charge on any atom is -0.456 e. The number of hydrogen-bond donors (Lipinski definition) is 0. The number of aromatic nitrogens is 3. The molecule has 0 bridgehead atoms. The van der Waals surface area contributed by atoms with Crippen LogP contribution in [0.25, 0.3) is 98.5 Å². The third-order valence-electron chi connectivity index (χ3n) is 11.5. The van der Waals surface area contributed by atoms with Gasteiger partial charge in [-0.05, 0) is 58.7 Å². The molecule has 0 aliphatic carbocycles. The van der Waals surface area contributed by atoms with E-state index in [0.717, 1.165) is 49.8 Å². The predicted molar refractivity (Wildman–Crippen MR) is 248 cm³/mol. The number of fused-ring (bicyclic) bond motifs is 6. The van der Waals surface area contributed by atoms with E-state index in [4.69, 9.17) is 19.4 Å². The lowest BCUT2D eigenvalue weighted by atomic mass is 9.59. The van der Waals surface area contributed by atoms with E-state index in [9.17, 15) is 0 Å². The summed E-state index contributed by atoms with van der Waals surface area (Å²) in [7, 11) is 11.1. The van der Waals surface area contributed by atoms with Crippen molar-refractivity contribution in [2.75, 3.05) is 0 Å². The average Bonchev–Trinajstić information content (AvgIpc) is 3.80. The summed E-state index contributed by atoms with van der Waals surface area (Å²) in [6, 6.07) is 46.8. The Morgan fingerprint density at radius 2 is 0.927 bits per heavy atom. The Labute approximate surface area is 327 Å². The lowest BCUT2D eigenvalue weighted by Gasteiger charge is -2.20. The van der Waals surface area contributed by atoms with Gasteiger partial charge in [-0.1, -0.05) is 108 Å². The molecule has 0 atom stereocenters. The molecular formula is C45H32B5N3OS. The van der Waals surface area contributed by atoms with Gasteiger partial charge in [-0.15, -0.1) is 27.7 Å². The Kier molecular flexibility index (Phi) is 7.93.